The minimum Gasteiger partial charge on any atom is -0.300 e. The number of benzene rings is 1. The van der Waals surface area contributed by atoms with E-state index in [-0.39, 0.29) is 23.7 Å². The second-order valence-corrected chi connectivity index (χ2v) is 8.58. The zero-order valence-electron chi connectivity index (χ0n) is 16.6. The molecule has 6 nitrogen and oxygen atoms in total. The van der Waals surface area contributed by atoms with Crippen LogP contribution in [0.25, 0.3) is 11.3 Å². The maximum absolute atomic E-state index is 12.8. The van der Waals surface area contributed by atoms with Gasteiger partial charge in [-0.3, -0.25) is 19.3 Å². The van der Waals surface area contributed by atoms with Crippen molar-refractivity contribution in [3.63, 3.8) is 0 Å². The van der Waals surface area contributed by atoms with Gasteiger partial charge in [0.05, 0.1) is 17.5 Å². The Morgan fingerprint density at radius 3 is 2.48 bits per heavy atom. The van der Waals surface area contributed by atoms with Gasteiger partial charge in [-0.2, -0.15) is 0 Å². The molecule has 0 saturated carbocycles. The van der Waals surface area contributed by atoms with Crippen molar-refractivity contribution in [1.29, 1.82) is 0 Å². The number of aryl methyl sites for hydroxylation is 2. The number of rotatable bonds is 4. The third-order valence-electron chi connectivity index (χ3n) is 5.71. The zero-order valence-corrected chi connectivity index (χ0v) is 17.5. The van der Waals surface area contributed by atoms with Crippen LogP contribution in [0.15, 0.2) is 35.7 Å². The summed E-state index contributed by atoms with van der Waals surface area (Å²) in [5, 5.41) is 5.12. The van der Waals surface area contributed by atoms with Crippen LogP contribution in [-0.2, 0) is 14.4 Å². The predicted octanol–water partition coefficient (Wildman–Crippen LogP) is 3.71. The Balaban J connectivity index is 1.49. The Labute approximate surface area is 173 Å². The fourth-order valence-electron chi connectivity index (χ4n) is 4.00. The minimum absolute atomic E-state index is 0.248. The van der Waals surface area contributed by atoms with E-state index in [0.717, 1.165) is 27.3 Å². The van der Waals surface area contributed by atoms with Crippen molar-refractivity contribution in [3.8, 4) is 11.3 Å². The van der Waals surface area contributed by atoms with Crippen molar-refractivity contribution in [3.05, 3.63) is 46.9 Å². The molecule has 4 rings (SSSR count). The second-order valence-electron chi connectivity index (χ2n) is 7.72. The van der Waals surface area contributed by atoms with Crippen LogP contribution in [0.5, 0.6) is 0 Å². The molecular formula is C22H23N3O3S. The Morgan fingerprint density at radius 2 is 1.83 bits per heavy atom. The summed E-state index contributed by atoms with van der Waals surface area (Å²) in [6.07, 6.45) is 4.99. The van der Waals surface area contributed by atoms with Gasteiger partial charge in [-0.15, -0.1) is 11.3 Å². The Bertz CT molecular complexity index is 1000. The van der Waals surface area contributed by atoms with Crippen molar-refractivity contribution in [1.82, 2.24) is 9.88 Å². The van der Waals surface area contributed by atoms with Gasteiger partial charge in [0, 0.05) is 10.9 Å². The van der Waals surface area contributed by atoms with Crippen LogP contribution in [0.2, 0.25) is 0 Å². The van der Waals surface area contributed by atoms with Crippen LogP contribution < -0.4 is 5.32 Å². The Kier molecular flexibility index (Phi) is 5.08. The van der Waals surface area contributed by atoms with E-state index in [4.69, 9.17) is 0 Å². The summed E-state index contributed by atoms with van der Waals surface area (Å²) in [6.45, 7) is 5.64. The van der Waals surface area contributed by atoms with Crippen LogP contribution in [-0.4, -0.2) is 33.6 Å². The van der Waals surface area contributed by atoms with E-state index in [1.807, 2.05) is 43.5 Å². The maximum Gasteiger partial charge on any atom is 0.249 e. The topological polar surface area (TPSA) is 79.4 Å². The van der Waals surface area contributed by atoms with Crippen LogP contribution >= 0.6 is 11.3 Å². The summed E-state index contributed by atoms with van der Waals surface area (Å²) in [4.78, 5) is 43.8. The Morgan fingerprint density at radius 1 is 1.17 bits per heavy atom. The van der Waals surface area contributed by atoms with Gasteiger partial charge in [-0.05, 0) is 45.2 Å². The van der Waals surface area contributed by atoms with Crippen LogP contribution in [0.3, 0.4) is 0 Å². The van der Waals surface area contributed by atoms with Gasteiger partial charge in [0.2, 0.25) is 17.7 Å². The summed E-state index contributed by atoms with van der Waals surface area (Å²) in [6, 6.07) is 5.29. The lowest BCUT2D eigenvalue weighted by molar-refractivity contribution is -0.146. The fraction of sp³-hybridized carbons (Fsp3) is 0.364. The first-order chi connectivity index (χ1) is 13.9. The summed E-state index contributed by atoms with van der Waals surface area (Å²) < 4.78 is 0. The second kappa shape index (κ2) is 7.55. The number of likely N-dealkylation sites (tertiary alicyclic amines) is 1. The van der Waals surface area contributed by atoms with Crippen molar-refractivity contribution in [2.24, 2.45) is 11.8 Å². The molecule has 2 aliphatic rings. The van der Waals surface area contributed by atoms with E-state index >= 15 is 0 Å². The molecule has 1 aromatic heterocycles. The molecule has 1 aliphatic heterocycles. The number of thiazole rings is 1. The highest BCUT2D eigenvalue weighted by Gasteiger charge is 2.50. The zero-order chi connectivity index (χ0) is 20.7. The first kappa shape index (κ1) is 19.5. The van der Waals surface area contributed by atoms with Crippen LogP contribution in [0.4, 0.5) is 5.13 Å². The molecule has 2 heterocycles. The lowest BCUT2D eigenvalue weighted by Gasteiger charge is -2.21. The molecule has 0 radical (unpaired) electrons. The molecule has 3 amide bonds. The monoisotopic (exact) mass is 409 g/mol. The lowest BCUT2D eigenvalue weighted by Crippen LogP contribution is -2.46. The van der Waals surface area contributed by atoms with Crippen molar-refractivity contribution >= 4 is 34.2 Å². The molecule has 0 bridgehead atoms. The van der Waals surface area contributed by atoms with Gasteiger partial charge in [-0.25, -0.2) is 4.98 Å². The number of hydrogen-bond acceptors (Lipinski definition) is 5. The number of carbonyl (C=O) groups is 3. The summed E-state index contributed by atoms with van der Waals surface area (Å²) in [5.74, 6) is -1.57. The van der Waals surface area contributed by atoms with Crippen LogP contribution in [0, 0.1) is 25.7 Å². The number of hydrogen-bond donors (Lipinski definition) is 1. The molecule has 29 heavy (non-hydrogen) atoms. The molecule has 1 fully saturated rings. The molecule has 1 saturated heterocycles. The van der Waals surface area contributed by atoms with Gasteiger partial charge in [0.1, 0.15) is 6.04 Å². The minimum atomic E-state index is -0.867. The number of nitrogens with one attached hydrogen (secondary N) is 1. The highest BCUT2D eigenvalue weighted by molar-refractivity contribution is 7.14. The van der Waals surface area contributed by atoms with E-state index in [9.17, 15) is 14.4 Å². The largest absolute Gasteiger partial charge is 0.300 e. The average Bonchev–Trinajstić information content (AvgIpc) is 3.26. The maximum atomic E-state index is 12.8. The molecule has 7 heteroatoms. The van der Waals surface area contributed by atoms with E-state index in [2.05, 4.69) is 16.4 Å². The molecule has 150 valence electrons. The quantitative estimate of drug-likeness (QED) is 0.617. The molecule has 0 unspecified atom stereocenters. The number of fused-ring (bicyclic) bond motifs is 1. The van der Waals surface area contributed by atoms with Gasteiger partial charge in [-0.1, -0.05) is 29.8 Å². The molecule has 3 atom stereocenters. The summed E-state index contributed by atoms with van der Waals surface area (Å²) in [7, 11) is 0. The number of imide groups is 1. The SMILES string of the molecule is Cc1ccc(C)c(-c2csc(NC(=O)[C@H](C)N3C(=O)[C@@H]4CC=CC[C@H]4C3=O)n2)c1. The lowest BCUT2D eigenvalue weighted by atomic mass is 9.85. The normalized spacial score (nSPS) is 22.0. The smallest absolute Gasteiger partial charge is 0.249 e. The first-order valence-corrected chi connectivity index (χ1v) is 10.6. The summed E-state index contributed by atoms with van der Waals surface area (Å²) in [5.41, 5.74) is 4.07. The number of amides is 3. The van der Waals surface area contributed by atoms with Gasteiger partial charge in [0.25, 0.3) is 0 Å². The highest BCUT2D eigenvalue weighted by atomic mass is 32.1. The van der Waals surface area contributed by atoms with Crippen molar-refractivity contribution in [2.75, 3.05) is 5.32 Å². The molecule has 1 aromatic carbocycles. The third kappa shape index (κ3) is 3.51. The molecule has 1 aliphatic carbocycles. The molecule has 1 N–H and O–H groups in total. The third-order valence-corrected chi connectivity index (χ3v) is 6.47. The van der Waals surface area contributed by atoms with Crippen molar-refractivity contribution < 1.29 is 14.4 Å². The number of allylic oxidation sites excluding steroid dienone is 2. The predicted molar refractivity (Wildman–Crippen MR) is 112 cm³/mol. The van der Waals surface area contributed by atoms with E-state index in [0.29, 0.717) is 18.0 Å². The molecule has 2 aromatic rings. The van der Waals surface area contributed by atoms with E-state index in [1.54, 1.807) is 6.92 Å². The number of nitrogens with zero attached hydrogens (tertiary/aromatic N) is 2. The van der Waals surface area contributed by atoms with Gasteiger partial charge < -0.3 is 5.32 Å². The number of aromatic nitrogens is 1. The van der Waals surface area contributed by atoms with Crippen LogP contribution in [0.1, 0.15) is 30.9 Å². The molecule has 0 spiro atoms. The first-order valence-electron chi connectivity index (χ1n) is 9.72. The average molecular weight is 410 g/mol. The van der Waals surface area contributed by atoms with E-state index < -0.39 is 11.9 Å². The highest BCUT2D eigenvalue weighted by Crippen LogP contribution is 2.36. The van der Waals surface area contributed by atoms with Gasteiger partial charge >= 0.3 is 0 Å². The molecular weight excluding hydrogens is 386 g/mol. The van der Waals surface area contributed by atoms with Gasteiger partial charge in [0.15, 0.2) is 5.13 Å². The van der Waals surface area contributed by atoms with Crippen molar-refractivity contribution in [2.45, 2.75) is 39.7 Å². The summed E-state index contributed by atoms with van der Waals surface area (Å²) >= 11 is 1.33. The number of anilines is 1. The fourth-order valence-corrected chi connectivity index (χ4v) is 4.71. The standard InChI is InChI=1S/C22H23N3O3S/c1-12-8-9-13(2)17(10-12)18-11-29-22(23-18)24-19(26)14(3)25-20(27)15-6-4-5-7-16(15)21(25)28/h4-5,8-11,14-16H,6-7H2,1-3H3,(H,23,24,26)/t14-,15+,16+/m0/s1. The Hall–Kier alpha value is -2.80. The van der Waals surface area contributed by atoms with E-state index in [1.165, 1.54) is 11.3 Å². The number of carbonyl (C=O) groups excluding carboxylic acids is 3.